The molecule has 1 saturated heterocycles. The predicted octanol–water partition coefficient (Wildman–Crippen LogP) is 2.90. The van der Waals surface area contributed by atoms with Crippen molar-refractivity contribution in [3.8, 4) is 5.75 Å². The molecule has 0 spiro atoms. The highest BCUT2D eigenvalue weighted by Crippen LogP contribution is 2.45. The fourth-order valence-corrected chi connectivity index (χ4v) is 3.93. The molecule has 0 aromatic heterocycles. The summed E-state index contributed by atoms with van der Waals surface area (Å²) in [5.41, 5.74) is 3.24. The summed E-state index contributed by atoms with van der Waals surface area (Å²) < 4.78 is 5.39. The third-order valence-corrected chi connectivity index (χ3v) is 4.96. The zero-order valence-electron chi connectivity index (χ0n) is 11.6. The molecule has 2 heteroatoms. The zero-order chi connectivity index (χ0) is 12.8. The largest absolute Gasteiger partial charge is 0.497 e. The number of nitrogens with one attached hydrogen (secondary N) is 1. The Kier molecular flexibility index (Phi) is 2.86. The molecule has 2 aliphatic rings. The van der Waals surface area contributed by atoms with E-state index in [-0.39, 0.29) is 5.41 Å². The van der Waals surface area contributed by atoms with Gasteiger partial charge >= 0.3 is 0 Å². The molecule has 1 aromatic rings. The first-order valence-corrected chi connectivity index (χ1v) is 7.03. The van der Waals surface area contributed by atoms with Gasteiger partial charge in [-0.2, -0.15) is 0 Å². The summed E-state index contributed by atoms with van der Waals surface area (Å²) in [7, 11) is 1.75. The Labute approximate surface area is 110 Å². The van der Waals surface area contributed by atoms with Crippen molar-refractivity contribution in [1.29, 1.82) is 0 Å². The molecule has 0 saturated carbocycles. The molecular weight excluding hydrogens is 222 g/mol. The molecule has 1 N–H and O–H groups in total. The summed E-state index contributed by atoms with van der Waals surface area (Å²) in [4.78, 5) is 0. The van der Waals surface area contributed by atoms with Crippen LogP contribution in [-0.4, -0.2) is 19.7 Å². The lowest BCUT2D eigenvalue weighted by molar-refractivity contribution is 0.168. The first kappa shape index (κ1) is 12.0. The number of methoxy groups -OCH3 is 1. The minimum Gasteiger partial charge on any atom is -0.497 e. The molecule has 1 heterocycles. The number of hydrogen-bond acceptors (Lipinski definition) is 2. The average molecular weight is 245 g/mol. The summed E-state index contributed by atoms with van der Waals surface area (Å²) in [5, 5.41) is 3.71. The van der Waals surface area contributed by atoms with Crippen LogP contribution >= 0.6 is 0 Å². The second-order valence-electron chi connectivity index (χ2n) is 6.26. The molecule has 18 heavy (non-hydrogen) atoms. The van der Waals surface area contributed by atoms with Gasteiger partial charge in [0.25, 0.3) is 0 Å². The zero-order valence-corrected chi connectivity index (χ0v) is 11.6. The molecule has 1 aromatic carbocycles. The van der Waals surface area contributed by atoms with Crippen molar-refractivity contribution in [2.45, 2.75) is 44.6 Å². The van der Waals surface area contributed by atoms with Gasteiger partial charge in [-0.25, -0.2) is 0 Å². The Morgan fingerprint density at radius 1 is 1.33 bits per heavy atom. The Balaban J connectivity index is 2.06. The van der Waals surface area contributed by atoms with E-state index in [9.17, 15) is 0 Å². The van der Waals surface area contributed by atoms with Gasteiger partial charge in [0.15, 0.2) is 0 Å². The van der Waals surface area contributed by atoms with Crippen LogP contribution in [0, 0.1) is 5.92 Å². The highest BCUT2D eigenvalue weighted by molar-refractivity contribution is 5.43. The van der Waals surface area contributed by atoms with Gasteiger partial charge in [0.05, 0.1) is 7.11 Å². The van der Waals surface area contributed by atoms with Crippen molar-refractivity contribution in [2.24, 2.45) is 5.92 Å². The van der Waals surface area contributed by atoms with Gasteiger partial charge in [-0.05, 0) is 60.4 Å². The first-order chi connectivity index (χ1) is 8.63. The molecule has 98 valence electrons. The van der Waals surface area contributed by atoms with Crippen molar-refractivity contribution in [3.63, 3.8) is 0 Å². The van der Waals surface area contributed by atoms with Gasteiger partial charge in [-0.1, -0.05) is 19.9 Å². The summed E-state index contributed by atoms with van der Waals surface area (Å²) >= 11 is 0. The van der Waals surface area contributed by atoms with Crippen molar-refractivity contribution in [1.82, 2.24) is 5.32 Å². The molecule has 1 aliphatic heterocycles. The third kappa shape index (κ3) is 1.74. The van der Waals surface area contributed by atoms with Crippen molar-refractivity contribution >= 4 is 0 Å². The topological polar surface area (TPSA) is 21.3 Å². The number of fused-ring (bicyclic) bond motifs is 2. The quantitative estimate of drug-likeness (QED) is 0.821. The molecule has 2 nitrogen and oxygen atoms in total. The highest BCUT2D eigenvalue weighted by atomic mass is 16.5. The van der Waals surface area contributed by atoms with E-state index in [1.54, 1.807) is 7.11 Å². The predicted molar refractivity (Wildman–Crippen MR) is 74.2 cm³/mol. The van der Waals surface area contributed by atoms with Crippen LogP contribution in [0.2, 0.25) is 0 Å². The minimum atomic E-state index is 0.250. The van der Waals surface area contributed by atoms with Crippen LogP contribution in [-0.2, 0) is 11.8 Å². The van der Waals surface area contributed by atoms with Gasteiger partial charge in [-0.15, -0.1) is 0 Å². The van der Waals surface area contributed by atoms with Gasteiger partial charge < -0.3 is 10.1 Å². The number of ether oxygens (including phenoxy) is 1. The van der Waals surface area contributed by atoms with Crippen LogP contribution in [0.5, 0.6) is 5.75 Å². The van der Waals surface area contributed by atoms with Crippen LogP contribution in [0.3, 0.4) is 0 Å². The standard InChI is InChI=1S/C16H23NO/c1-16(2)13-5-4-8-17-15(13)9-11-6-7-12(18-3)10-14(11)16/h6-7,10,13,15,17H,4-5,8-9H2,1-3H3. The van der Waals surface area contributed by atoms with Crippen LogP contribution < -0.4 is 10.1 Å². The van der Waals surface area contributed by atoms with E-state index in [4.69, 9.17) is 4.74 Å². The Hall–Kier alpha value is -1.02. The van der Waals surface area contributed by atoms with Gasteiger partial charge in [-0.3, -0.25) is 0 Å². The molecule has 1 fully saturated rings. The van der Waals surface area contributed by atoms with Crippen LogP contribution in [0.25, 0.3) is 0 Å². The number of piperidine rings is 1. The van der Waals surface area contributed by atoms with E-state index < -0.39 is 0 Å². The number of benzene rings is 1. The summed E-state index contributed by atoms with van der Waals surface area (Å²) in [5.74, 6) is 1.75. The fraction of sp³-hybridized carbons (Fsp3) is 0.625. The lowest BCUT2D eigenvalue weighted by Gasteiger charge is -2.48. The molecule has 0 radical (unpaired) electrons. The first-order valence-electron chi connectivity index (χ1n) is 7.03. The second kappa shape index (κ2) is 4.27. The average Bonchev–Trinajstić information content (AvgIpc) is 2.39. The molecule has 0 amide bonds. The Bertz CT molecular complexity index is 452. The van der Waals surface area contributed by atoms with Gasteiger partial charge in [0.1, 0.15) is 5.75 Å². The van der Waals surface area contributed by atoms with Crippen molar-refractivity contribution in [2.75, 3.05) is 13.7 Å². The van der Waals surface area contributed by atoms with Crippen molar-refractivity contribution in [3.05, 3.63) is 29.3 Å². The number of hydrogen-bond donors (Lipinski definition) is 1. The van der Waals surface area contributed by atoms with Crippen molar-refractivity contribution < 1.29 is 4.74 Å². The lowest BCUT2D eigenvalue weighted by atomic mass is 9.61. The fourth-order valence-electron chi connectivity index (χ4n) is 3.93. The number of rotatable bonds is 1. The summed E-state index contributed by atoms with van der Waals surface area (Å²) in [6.07, 6.45) is 3.83. The minimum absolute atomic E-state index is 0.250. The molecule has 3 rings (SSSR count). The normalized spacial score (nSPS) is 29.3. The maximum Gasteiger partial charge on any atom is 0.119 e. The SMILES string of the molecule is COc1ccc2c(c1)C(C)(C)C1CCCNC1C2. The highest BCUT2D eigenvalue weighted by Gasteiger charge is 2.43. The van der Waals surface area contributed by atoms with Crippen LogP contribution in [0.4, 0.5) is 0 Å². The molecular formula is C16H23NO. The molecule has 2 unspecified atom stereocenters. The maximum absolute atomic E-state index is 5.39. The van der Waals surface area contributed by atoms with E-state index in [2.05, 4.69) is 37.4 Å². The summed E-state index contributed by atoms with van der Waals surface area (Å²) in [6.45, 7) is 5.98. The van der Waals surface area contributed by atoms with Crippen LogP contribution in [0.15, 0.2) is 18.2 Å². The van der Waals surface area contributed by atoms with E-state index in [0.29, 0.717) is 6.04 Å². The molecule has 1 aliphatic carbocycles. The molecule has 0 bridgehead atoms. The smallest absolute Gasteiger partial charge is 0.119 e. The Morgan fingerprint density at radius 3 is 2.94 bits per heavy atom. The van der Waals surface area contributed by atoms with Gasteiger partial charge in [0.2, 0.25) is 0 Å². The van der Waals surface area contributed by atoms with E-state index in [1.807, 2.05) is 0 Å². The Morgan fingerprint density at radius 2 is 2.17 bits per heavy atom. The molecule has 2 atom stereocenters. The van der Waals surface area contributed by atoms with Gasteiger partial charge in [0, 0.05) is 6.04 Å². The van der Waals surface area contributed by atoms with E-state index in [0.717, 1.165) is 11.7 Å². The lowest BCUT2D eigenvalue weighted by Crippen LogP contribution is -2.53. The van der Waals surface area contributed by atoms with Crippen LogP contribution in [0.1, 0.15) is 37.8 Å². The summed E-state index contributed by atoms with van der Waals surface area (Å²) in [6, 6.07) is 7.26. The van der Waals surface area contributed by atoms with E-state index >= 15 is 0 Å². The second-order valence-corrected chi connectivity index (χ2v) is 6.26. The maximum atomic E-state index is 5.39. The monoisotopic (exact) mass is 245 g/mol. The van der Waals surface area contributed by atoms with E-state index in [1.165, 1.54) is 36.9 Å². The third-order valence-electron chi connectivity index (χ3n) is 4.96.